The van der Waals surface area contributed by atoms with E-state index >= 15 is 0 Å². The number of rotatable bonds is 33. The first-order valence-electron chi connectivity index (χ1n) is 29.2. The van der Waals surface area contributed by atoms with Crippen molar-refractivity contribution in [1.82, 2.24) is 40.9 Å². The van der Waals surface area contributed by atoms with Crippen molar-refractivity contribution in [3.63, 3.8) is 0 Å². The van der Waals surface area contributed by atoms with E-state index in [4.69, 9.17) is 14.2 Å². The molecule has 0 spiro atoms. The Labute approximate surface area is 490 Å². The summed E-state index contributed by atoms with van der Waals surface area (Å²) in [6, 6.07) is 13.6. The van der Waals surface area contributed by atoms with Crippen molar-refractivity contribution in [2.75, 3.05) is 66.4 Å². The van der Waals surface area contributed by atoms with Crippen LogP contribution in [0.4, 0.5) is 10.5 Å². The lowest BCUT2D eigenvalue weighted by Crippen LogP contribution is -2.55. The van der Waals surface area contributed by atoms with Crippen LogP contribution in [0.2, 0.25) is 0 Å². The molecule has 2 aliphatic rings. The van der Waals surface area contributed by atoms with Crippen LogP contribution in [0.5, 0.6) is 0 Å². The van der Waals surface area contributed by atoms with E-state index < -0.39 is 65.5 Å². The van der Waals surface area contributed by atoms with Crippen molar-refractivity contribution < 1.29 is 62.2 Å². The number of carbonyl (C=O) groups is 10. The summed E-state index contributed by atoms with van der Waals surface area (Å²) in [6.45, 7) is 14.9. The molecule has 2 fully saturated rings. The Hall–Kier alpha value is -6.94. The third-order valence-corrected chi connectivity index (χ3v) is 15.8. The van der Waals surface area contributed by atoms with Crippen LogP contribution >= 0.6 is 0 Å². The number of carbonyl (C=O) groups excluding carboxylic acids is 10. The number of methoxy groups -OCH3 is 2. The molecule has 2 saturated heterocycles. The second-order valence-corrected chi connectivity index (χ2v) is 23.3. The predicted octanol–water partition coefficient (Wildman–Crippen LogP) is 4.97. The van der Waals surface area contributed by atoms with Gasteiger partial charge in [0.25, 0.3) is 0 Å². The van der Waals surface area contributed by atoms with Gasteiger partial charge in [-0.05, 0) is 73.1 Å². The van der Waals surface area contributed by atoms with Crippen LogP contribution < -0.4 is 26.6 Å². The predicted molar refractivity (Wildman–Crippen MR) is 313 cm³/mol. The molecule has 4 rings (SSSR count). The molecule has 83 heavy (non-hydrogen) atoms. The summed E-state index contributed by atoms with van der Waals surface area (Å²) in [7, 11) is 6.11. The summed E-state index contributed by atoms with van der Waals surface area (Å²) in [5.41, 5.74) is 1.41. The number of nitrogens with one attached hydrogen (secondary N) is 5. The maximum absolute atomic E-state index is 14.1. The molecule has 2 aliphatic heterocycles. The molecule has 0 aliphatic carbocycles. The molecule has 2 aromatic rings. The normalized spacial score (nSPS) is 17.0. The van der Waals surface area contributed by atoms with E-state index in [1.165, 1.54) is 28.9 Å². The number of nitrogens with zero attached hydrogens (tertiary/aromatic N) is 4. The van der Waals surface area contributed by atoms with Crippen LogP contribution in [-0.4, -0.2) is 176 Å². The summed E-state index contributed by atoms with van der Waals surface area (Å²) >= 11 is 0. The lowest BCUT2D eigenvalue weighted by Gasteiger charge is -2.39. The fraction of sp³-hybridized carbons (Fsp3) is 0.639. The van der Waals surface area contributed by atoms with Crippen LogP contribution in [0.25, 0.3) is 0 Å². The number of amides is 10. The van der Waals surface area contributed by atoms with Crippen LogP contribution in [0, 0.1) is 23.2 Å². The van der Waals surface area contributed by atoms with Gasteiger partial charge in [-0.15, -0.1) is 0 Å². The summed E-state index contributed by atoms with van der Waals surface area (Å²) < 4.78 is 17.4. The Balaban J connectivity index is 1.22. The van der Waals surface area contributed by atoms with E-state index in [2.05, 4.69) is 26.6 Å². The topological polar surface area (TPSA) is 272 Å². The number of hydrogen-bond donors (Lipinski definition) is 5. The summed E-state index contributed by atoms with van der Waals surface area (Å²) in [6.07, 6.45) is 2.87. The summed E-state index contributed by atoms with van der Waals surface area (Å²) in [5, 5.41) is 13.7. The molecule has 0 bridgehead atoms. The SMILES string of the molecule is CCC(C)C(C(CC(=O)N1CCCC1C(CC(=O)NCCc1ccccc1)OC)OC)N(C)C(=O)CNC(=O)C(C(C)C)N(C)C(=O)OCc1ccc(NC(=O)CNC(=O)C(NC(=O)CCCCCN2C(=O)CC(C)(C)C2=O)C(C)C)cc1. The average molecular weight is 1160 g/mol. The zero-order valence-corrected chi connectivity index (χ0v) is 51.0. The first kappa shape index (κ1) is 68.6. The Morgan fingerprint density at radius 2 is 1.42 bits per heavy atom. The highest BCUT2D eigenvalue weighted by atomic mass is 16.6. The second kappa shape index (κ2) is 33.4. The quantitative estimate of drug-likeness (QED) is 0.0467. The Morgan fingerprint density at radius 1 is 0.747 bits per heavy atom. The zero-order chi connectivity index (χ0) is 61.6. The third-order valence-electron chi connectivity index (χ3n) is 15.8. The standard InChI is InChI=1S/C61H93N9O13/c1-13-41(6)56(47(82-12)34-51(74)69-32-20-23-45(69)46(81-11)33-49(72)62-30-29-42-21-16-14-17-22-42)67(9)53(76)37-64-58(78)55(40(4)5)68(10)60(80)83-38-43-25-27-44(28-26-43)65-50(73)36-63-57(77)54(39(2)3)66-48(71)24-18-15-19-31-70-52(75)35-61(7,8)59(70)79/h14,16-17,21-22,25-28,39-41,45-47,54-56H,13,15,18-20,23-24,29-38H2,1-12H3,(H,62,72)(H,63,77)(H,64,78)(H,65,73)(H,66,71). The highest BCUT2D eigenvalue weighted by Gasteiger charge is 2.44. The van der Waals surface area contributed by atoms with E-state index in [9.17, 15) is 47.9 Å². The number of imide groups is 1. The molecule has 0 saturated carbocycles. The minimum atomic E-state index is -1.01. The fourth-order valence-electron chi connectivity index (χ4n) is 10.8. The largest absolute Gasteiger partial charge is 0.445 e. The van der Waals surface area contributed by atoms with Crippen molar-refractivity contribution in [3.8, 4) is 0 Å². The second-order valence-electron chi connectivity index (χ2n) is 23.3. The van der Waals surface area contributed by atoms with E-state index in [1.54, 1.807) is 84.9 Å². The van der Waals surface area contributed by atoms with Crippen LogP contribution in [0.15, 0.2) is 54.6 Å². The minimum absolute atomic E-state index is 0.0271. The van der Waals surface area contributed by atoms with Gasteiger partial charge in [0, 0.05) is 66.5 Å². The molecule has 5 N–H and O–H groups in total. The minimum Gasteiger partial charge on any atom is -0.445 e. The van der Waals surface area contributed by atoms with Crippen LogP contribution in [-0.2, 0) is 70.4 Å². The maximum Gasteiger partial charge on any atom is 0.410 e. The molecule has 0 aromatic heterocycles. The molecule has 7 atom stereocenters. The Kier molecular flexibility index (Phi) is 27.6. The summed E-state index contributed by atoms with van der Waals surface area (Å²) in [5.74, 6) is -3.83. The van der Waals surface area contributed by atoms with Gasteiger partial charge in [-0.3, -0.25) is 53.0 Å². The highest BCUT2D eigenvalue weighted by Crippen LogP contribution is 2.32. The van der Waals surface area contributed by atoms with E-state index in [0.717, 1.165) is 12.0 Å². The number of likely N-dealkylation sites (tertiary alicyclic amines) is 2. The molecule has 10 amide bonds. The lowest BCUT2D eigenvalue weighted by atomic mass is 9.90. The smallest absolute Gasteiger partial charge is 0.410 e. The summed E-state index contributed by atoms with van der Waals surface area (Å²) in [4.78, 5) is 137. The van der Waals surface area contributed by atoms with Crippen molar-refractivity contribution >= 4 is 64.9 Å². The Bertz CT molecular complexity index is 2510. The monoisotopic (exact) mass is 1160 g/mol. The van der Waals surface area contributed by atoms with E-state index in [-0.39, 0.29) is 98.7 Å². The molecule has 0 radical (unpaired) electrons. The van der Waals surface area contributed by atoms with Crippen molar-refractivity contribution in [2.24, 2.45) is 23.2 Å². The van der Waals surface area contributed by atoms with Gasteiger partial charge in [0.05, 0.1) is 55.6 Å². The number of ether oxygens (including phenoxy) is 3. The first-order chi connectivity index (χ1) is 39.3. The van der Waals surface area contributed by atoms with Gasteiger partial charge < -0.3 is 50.6 Å². The first-order valence-corrected chi connectivity index (χ1v) is 29.2. The molecule has 7 unspecified atom stereocenters. The molecular formula is C61H93N9O13. The van der Waals surface area contributed by atoms with Gasteiger partial charge in [0.2, 0.25) is 53.2 Å². The number of benzene rings is 2. The number of hydrogen-bond acceptors (Lipinski definition) is 13. The van der Waals surface area contributed by atoms with Crippen LogP contribution in [0.3, 0.4) is 0 Å². The number of likely N-dealkylation sites (N-methyl/N-ethyl adjacent to an activating group) is 2. The van der Waals surface area contributed by atoms with Gasteiger partial charge in [-0.1, -0.05) is 111 Å². The van der Waals surface area contributed by atoms with Crippen molar-refractivity contribution in [2.45, 2.75) is 169 Å². The van der Waals surface area contributed by atoms with Gasteiger partial charge >= 0.3 is 6.09 Å². The highest BCUT2D eigenvalue weighted by molar-refractivity contribution is 6.05. The van der Waals surface area contributed by atoms with E-state index in [1.807, 2.05) is 44.2 Å². The lowest BCUT2D eigenvalue weighted by molar-refractivity contribution is -0.144. The van der Waals surface area contributed by atoms with Crippen molar-refractivity contribution in [1.29, 1.82) is 0 Å². The van der Waals surface area contributed by atoms with Gasteiger partial charge in [-0.25, -0.2) is 4.79 Å². The molecule has 22 heteroatoms. The number of anilines is 1. The average Bonchev–Trinajstić information content (AvgIpc) is 3.99. The van der Waals surface area contributed by atoms with Crippen molar-refractivity contribution in [3.05, 3.63) is 65.7 Å². The van der Waals surface area contributed by atoms with Crippen LogP contribution in [0.1, 0.15) is 131 Å². The molecule has 2 heterocycles. The van der Waals surface area contributed by atoms with Gasteiger partial charge in [-0.2, -0.15) is 0 Å². The molecule has 2 aromatic carbocycles. The molecule has 460 valence electrons. The number of unbranched alkanes of at least 4 members (excludes halogenated alkanes) is 2. The molecule has 22 nitrogen and oxygen atoms in total. The zero-order valence-electron chi connectivity index (χ0n) is 51.0. The fourth-order valence-corrected chi connectivity index (χ4v) is 10.8. The molecular weight excluding hydrogens is 1070 g/mol. The van der Waals surface area contributed by atoms with Gasteiger partial charge in [0.15, 0.2) is 0 Å². The Morgan fingerprint density at radius 3 is 2.02 bits per heavy atom. The van der Waals surface area contributed by atoms with E-state index in [0.29, 0.717) is 69.4 Å². The maximum atomic E-state index is 14.1. The van der Waals surface area contributed by atoms with Gasteiger partial charge in [0.1, 0.15) is 18.7 Å². The third kappa shape index (κ3) is 20.7.